The van der Waals surface area contributed by atoms with Crippen LogP contribution in [0.4, 0.5) is 0 Å². The fourth-order valence-corrected chi connectivity index (χ4v) is 5.51. The minimum atomic E-state index is -0.959. The molecule has 1 aromatic carbocycles. The van der Waals surface area contributed by atoms with Crippen LogP contribution in [0.15, 0.2) is 58.7 Å². The number of rotatable bonds is 9. The highest BCUT2D eigenvalue weighted by Crippen LogP contribution is 2.45. The van der Waals surface area contributed by atoms with Crippen LogP contribution in [0.2, 0.25) is 0 Å². The second kappa shape index (κ2) is 11.2. The van der Waals surface area contributed by atoms with Crippen molar-refractivity contribution in [2.45, 2.75) is 72.3 Å². The summed E-state index contributed by atoms with van der Waals surface area (Å²) in [5.41, 5.74) is 2.51. The smallest absolute Gasteiger partial charge is 0.335 e. The zero-order valence-electron chi connectivity index (χ0n) is 21.1. The number of hydrogen-bond donors (Lipinski definition) is 1. The van der Waals surface area contributed by atoms with Crippen LogP contribution in [-0.2, 0) is 9.53 Å². The predicted octanol–water partition coefficient (Wildman–Crippen LogP) is 6.55. The van der Waals surface area contributed by atoms with Gasteiger partial charge in [-0.05, 0) is 81.5 Å². The molecular formula is C29H38O5. The van der Waals surface area contributed by atoms with E-state index in [0.29, 0.717) is 28.9 Å². The average molecular weight is 467 g/mol. The Kier molecular flexibility index (Phi) is 8.53. The lowest BCUT2D eigenvalue weighted by molar-refractivity contribution is -0.132. The van der Waals surface area contributed by atoms with E-state index >= 15 is 0 Å². The Bertz CT molecular complexity index is 992. The third-order valence-electron chi connectivity index (χ3n) is 7.77. The van der Waals surface area contributed by atoms with Gasteiger partial charge in [-0.1, -0.05) is 43.8 Å². The van der Waals surface area contributed by atoms with Gasteiger partial charge in [0.1, 0.15) is 5.75 Å². The van der Waals surface area contributed by atoms with Gasteiger partial charge >= 0.3 is 5.97 Å². The highest BCUT2D eigenvalue weighted by Gasteiger charge is 2.42. The molecule has 3 rings (SSSR count). The van der Waals surface area contributed by atoms with Crippen LogP contribution in [0.1, 0.15) is 76.6 Å². The molecule has 0 heterocycles. The van der Waals surface area contributed by atoms with Crippen molar-refractivity contribution in [3.05, 3.63) is 64.3 Å². The van der Waals surface area contributed by atoms with Crippen molar-refractivity contribution in [2.24, 2.45) is 11.3 Å². The van der Waals surface area contributed by atoms with E-state index in [1.165, 1.54) is 32.1 Å². The van der Waals surface area contributed by atoms with Crippen LogP contribution >= 0.6 is 0 Å². The molecule has 184 valence electrons. The summed E-state index contributed by atoms with van der Waals surface area (Å²) in [7, 11) is 1.57. The normalized spacial score (nSPS) is 24.1. The maximum atomic E-state index is 12.9. The van der Waals surface area contributed by atoms with Gasteiger partial charge in [-0.25, -0.2) is 4.79 Å². The van der Waals surface area contributed by atoms with E-state index in [0.717, 1.165) is 23.7 Å². The molecule has 0 bridgehead atoms. The van der Waals surface area contributed by atoms with E-state index in [9.17, 15) is 14.7 Å². The SMILES string of the molecule is COC1C(C)=C(C(=O)O)C(C)=C(C)C1(C)C=CC(=O)c1ccc(OCCC2CCCCC2)cc1. The Labute approximate surface area is 203 Å². The molecule has 0 aromatic heterocycles. The summed E-state index contributed by atoms with van der Waals surface area (Å²) in [6.45, 7) is 8.20. The van der Waals surface area contributed by atoms with Crippen molar-refractivity contribution in [1.82, 2.24) is 0 Å². The second-order valence-corrected chi connectivity index (χ2v) is 9.87. The Morgan fingerprint density at radius 3 is 2.32 bits per heavy atom. The number of carboxylic acids is 1. The van der Waals surface area contributed by atoms with E-state index in [2.05, 4.69) is 0 Å². The number of ether oxygens (including phenoxy) is 2. The van der Waals surface area contributed by atoms with Gasteiger partial charge in [0.2, 0.25) is 0 Å². The quantitative estimate of drug-likeness (QED) is 0.330. The number of allylic oxidation sites excluding steroid dienone is 1. The van der Waals surface area contributed by atoms with Gasteiger partial charge in [-0.15, -0.1) is 0 Å². The van der Waals surface area contributed by atoms with E-state index < -0.39 is 17.5 Å². The van der Waals surface area contributed by atoms with Crippen molar-refractivity contribution in [3.8, 4) is 5.75 Å². The summed E-state index contributed by atoms with van der Waals surface area (Å²) in [5.74, 6) is 0.495. The molecule has 0 saturated heterocycles. The van der Waals surface area contributed by atoms with Gasteiger partial charge in [0.15, 0.2) is 5.78 Å². The number of carbonyl (C=O) groups excluding carboxylic acids is 1. The Morgan fingerprint density at radius 1 is 1.09 bits per heavy atom. The summed E-state index contributed by atoms with van der Waals surface area (Å²) in [6, 6.07) is 7.29. The third kappa shape index (κ3) is 5.52. The summed E-state index contributed by atoms with van der Waals surface area (Å²) < 4.78 is 11.6. The van der Waals surface area contributed by atoms with Crippen molar-refractivity contribution in [3.63, 3.8) is 0 Å². The maximum Gasteiger partial charge on any atom is 0.335 e. The number of aliphatic carboxylic acids is 1. The molecule has 2 aliphatic rings. The van der Waals surface area contributed by atoms with Gasteiger partial charge in [0.25, 0.3) is 0 Å². The van der Waals surface area contributed by atoms with Crippen LogP contribution in [0.25, 0.3) is 0 Å². The Hall–Kier alpha value is -2.66. The Morgan fingerprint density at radius 2 is 1.74 bits per heavy atom. The average Bonchev–Trinajstić information content (AvgIpc) is 2.82. The monoisotopic (exact) mass is 466 g/mol. The first kappa shape index (κ1) is 26.0. The highest BCUT2D eigenvalue weighted by atomic mass is 16.5. The minimum Gasteiger partial charge on any atom is -0.494 e. The summed E-state index contributed by atoms with van der Waals surface area (Å²) in [4.78, 5) is 24.7. The molecule has 5 nitrogen and oxygen atoms in total. The number of benzene rings is 1. The third-order valence-corrected chi connectivity index (χ3v) is 7.77. The number of ketones is 1. The van der Waals surface area contributed by atoms with E-state index in [1.807, 2.05) is 39.0 Å². The molecule has 2 atom stereocenters. The molecule has 2 unspecified atom stereocenters. The molecule has 0 amide bonds. The molecule has 0 spiro atoms. The number of hydrogen-bond acceptors (Lipinski definition) is 4. The molecule has 1 N–H and O–H groups in total. The number of methoxy groups -OCH3 is 1. The zero-order chi connectivity index (χ0) is 24.9. The molecule has 1 fully saturated rings. The van der Waals surface area contributed by atoms with Crippen molar-refractivity contribution < 1.29 is 24.2 Å². The lowest BCUT2D eigenvalue weighted by Crippen LogP contribution is -2.39. The summed E-state index contributed by atoms with van der Waals surface area (Å²) in [5, 5.41) is 9.66. The number of carboxylic acid groups (broad SMARTS) is 1. The fraction of sp³-hybridized carbons (Fsp3) is 0.517. The van der Waals surface area contributed by atoms with Crippen LogP contribution in [0.3, 0.4) is 0 Å². The zero-order valence-corrected chi connectivity index (χ0v) is 21.1. The molecule has 1 aromatic rings. The van der Waals surface area contributed by atoms with E-state index in [4.69, 9.17) is 9.47 Å². The lowest BCUT2D eigenvalue weighted by atomic mass is 9.67. The fourth-order valence-electron chi connectivity index (χ4n) is 5.51. The van der Waals surface area contributed by atoms with Gasteiger partial charge in [-0.3, -0.25) is 4.79 Å². The topological polar surface area (TPSA) is 72.8 Å². The highest BCUT2D eigenvalue weighted by molar-refractivity contribution is 6.04. The van der Waals surface area contributed by atoms with Crippen molar-refractivity contribution >= 4 is 11.8 Å². The van der Waals surface area contributed by atoms with E-state index in [-0.39, 0.29) is 5.78 Å². The van der Waals surface area contributed by atoms with Crippen LogP contribution in [-0.4, -0.2) is 36.7 Å². The predicted molar refractivity (Wildman–Crippen MR) is 134 cm³/mol. The first-order valence-corrected chi connectivity index (χ1v) is 12.3. The van der Waals surface area contributed by atoms with Crippen molar-refractivity contribution in [2.75, 3.05) is 13.7 Å². The van der Waals surface area contributed by atoms with Gasteiger partial charge in [0, 0.05) is 18.1 Å². The molecular weight excluding hydrogens is 428 g/mol. The first-order chi connectivity index (χ1) is 16.2. The van der Waals surface area contributed by atoms with Crippen molar-refractivity contribution in [1.29, 1.82) is 0 Å². The summed E-state index contributed by atoms with van der Waals surface area (Å²) >= 11 is 0. The minimum absolute atomic E-state index is 0.110. The van der Waals surface area contributed by atoms with Gasteiger partial charge < -0.3 is 14.6 Å². The molecule has 0 aliphatic heterocycles. The van der Waals surface area contributed by atoms with Crippen LogP contribution in [0, 0.1) is 11.3 Å². The first-order valence-electron chi connectivity index (χ1n) is 12.3. The van der Waals surface area contributed by atoms with Gasteiger partial charge in [-0.2, -0.15) is 0 Å². The van der Waals surface area contributed by atoms with Crippen LogP contribution < -0.4 is 4.74 Å². The molecule has 2 aliphatic carbocycles. The Balaban J connectivity index is 1.67. The molecule has 0 radical (unpaired) electrons. The maximum absolute atomic E-state index is 12.9. The molecule has 1 saturated carbocycles. The second-order valence-electron chi connectivity index (χ2n) is 9.87. The largest absolute Gasteiger partial charge is 0.494 e. The summed E-state index contributed by atoms with van der Waals surface area (Å²) in [6.07, 6.45) is 10.7. The van der Waals surface area contributed by atoms with Crippen LogP contribution in [0.5, 0.6) is 5.75 Å². The van der Waals surface area contributed by atoms with Gasteiger partial charge in [0.05, 0.1) is 18.3 Å². The molecule has 5 heteroatoms. The number of carbonyl (C=O) groups is 2. The molecule has 34 heavy (non-hydrogen) atoms. The van der Waals surface area contributed by atoms with E-state index in [1.54, 1.807) is 32.2 Å². The standard InChI is InChI=1S/C29H38O5/c1-19-21(3)29(4,27(33-5)20(2)26(19)28(31)32)17-15-25(30)23-11-13-24(14-12-23)34-18-16-22-9-7-6-8-10-22/h11-15,17,22,27H,6-10,16,18H2,1-5H3,(H,31,32). The lowest BCUT2D eigenvalue weighted by Gasteiger charge is -2.41.